The molecule has 4 nitrogen and oxygen atoms in total. The molecule has 0 aromatic carbocycles. The number of hydrazine groups is 1. The number of hydrogen-bond acceptors (Lipinski definition) is 3. The molecule has 0 radical (unpaired) electrons. The molecule has 120 valence electrons. The van der Waals surface area contributed by atoms with E-state index in [1.54, 1.807) is 0 Å². The summed E-state index contributed by atoms with van der Waals surface area (Å²) in [6.07, 6.45) is 10.9. The minimum atomic E-state index is 0.205. The summed E-state index contributed by atoms with van der Waals surface area (Å²) in [5.74, 6) is 7.45. The number of halogens is 1. The highest BCUT2D eigenvalue weighted by molar-refractivity contribution is 9.10. The Kier molecular flexibility index (Phi) is 6.71. The van der Waals surface area contributed by atoms with Gasteiger partial charge in [-0.1, -0.05) is 39.5 Å². The van der Waals surface area contributed by atoms with E-state index in [9.17, 15) is 0 Å². The molecule has 0 saturated heterocycles. The maximum atomic E-state index is 5.91. The molecule has 1 saturated carbocycles. The van der Waals surface area contributed by atoms with Crippen LogP contribution in [0.1, 0.15) is 70.5 Å². The third kappa shape index (κ3) is 4.08. The minimum absolute atomic E-state index is 0.205. The maximum absolute atomic E-state index is 5.91. The summed E-state index contributed by atoms with van der Waals surface area (Å²) < 4.78 is 3.18. The van der Waals surface area contributed by atoms with Gasteiger partial charge in [-0.2, -0.15) is 5.10 Å². The molecule has 1 atom stereocenters. The van der Waals surface area contributed by atoms with Crippen molar-refractivity contribution in [2.75, 3.05) is 0 Å². The second-order valence-corrected chi connectivity index (χ2v) is 7.17. The van der Waals surface area contributed by atoms with E-state index in [0.717, 1.165) is 23.4 Å². The smallest absolute Gasteiger partial charge is 0.0712 e. The molecule has 0 bridgehead atoms. The molecule has 1 aromatic heterocycles. The lowest BCUT2D eigenvalue weighted by atomic mass is 9.76. The fourth-order valence-electron chi connectivity index (χ4n) is 3.73. The van der Waals surface area contributed by atoms with Gasteiger partial charge < -0.3 is 0 Å². The predicted octanol–water partition coefficient (Wildman–Crippen LogP) is 4.17. The molecule has 2 rings (SSSR count). The Morgan fingerprint density at radius 2 is 2.05 bits per heavy atom. The molecule has 1 fully saturated rings. The van der Waals surface area contributed by atoms with Gasteiger partial charge in [0.15, 0.2) is 0 Å². The average molecular weight is 357 g/mol. The van der Waals surface area contributed by atoms with E-state index < -0.39 is 0 Å². The van der Waals surface area contributed by atoms with E-state index in [4.69, 9.17) is 5.84 Å². The largest absolute Gasteiger partial charge is 0.271 e. The van der Waals surface area contributed by atoms with Gasteiger partial charge in [-0.05, 0) is 47.0 Å². The van der Waals surface area contributed by atoms with Crippen LogP contribution in [0.2, 0.25) is 0 Å². The lowest BCUT2D eigenvalue weighted by Gasteiger charge is -2.34. The average Bonchev–Trinajstić information content (AvgIpc) is 2.84. The fraction of sp³-hybridized carbons (Fsp3) is 0.812. The lowest BCUT2D eigenvalue weighted by molar-refractivity contribution is 0.208. The van der Waals surface area contributed by atoms with Gasteiger partial charge in [-0.15, -0.1) is 0 Å². The monoisotopic (exact) mass is 356 g/mol. The lowest BCUT2D eigenvalue weighted by Crippen LogP contribution is -2.37. The first-order valence-corrected chi connectivity index (χ1v) is 9.17. The summed E-state index contributed by atoms with van der Waals surface area (Å²) >= 11 is 3.65. The Morgan fingerprint density at radius 3 is 2.62 bits per heavy atom. The zero-order valence-electron chi connectivity index (χ0n) is 13.3. The van der Waals surface area contributed by atoms with Gasteiger partial charge in [0.1, 0.15) is 0 Å². The highest BCUT2D eigenvalue weighted by Gasteiger charge is 2.31. The number of aromatic nitrogens is 2. The van der Waals surface area contributed by atoms with E-state index >= 15 is 0 Å². The molecular weight excluding hydrogens is 328 g/mol. The van der Waals surface area contributed by atoms with Crippen molar-refractivity contribution < 1.29 is 0 Å². The van der Waals surface area contributed by atoms with Crippen molar-refractivity contribution in [3.8, 4) is 0 Å². The Balaban J connectivity index is 2.08. The number of aryl methyl sites for hydroxylation is 1. The maximum Gasteiger partial charge on any atom is 0.0712 e. The molecule has 1 unspecified atom stereocenters. The third-order valence-electron chi connectivity index (χ3n) is 4.80. The van der Waals surface area contributed by atoms with Crippen LogP contribution in [-0.4, -0.2) is 9.78 Å². The van der Waals surface area contributed by atoms with Crippen LogP contribution in [-0.2, 0) is 6.54 Å². The number of hydrogen-bond donors (Lipinski definition) is 2. The molecule has 0 aliphatic heterocycles. The van der Waals surface area contributed by atoms with Crippen LogP contribution in [0.4, 0.5) is 0 Å². The van der Waals surface area contributed by atoms with Gasteiger partial charge >= 0.3 is 0 Å². The van der Waals surface area contributed by atoms with Crippen LogP contribution in [0.25, 0.3) is 0 Å². The standard InChI is InChI=1S/C16H29BrN4/c1-3-5-12-6-8-13(9-7-12)15(20-18)16-14(17)11-19-21(16)10-4-2/h11-13,15,20H,3-10,18H2,1-2H3. The van der Waals surface area contributed by atoms with Crippen molar-refractivity contribution in [2.45, 2.75) is 71.4 Å². The van der Waals surface area contributed by atoms with Gasteiger partial charge in [0.2, 0.25) is 0 Å². The van der Waals surface area contributed by atoms with Gasteiger partial charge in [0.25, 0.3) is 0 Å². The Bertz CT molecular complexity index is 424. The van der Waals surface area contributed by atoms with Crippen LogP contribution in [0.15, 0.2) is 10.7 Å². The van der Waals surface area contributed by atoms with Crippen molar-refractivity contribution in [2.24, 2.45) is 17.7 Å². The van der Waals surface area contributed by atoms with Gasteiger partial charge in [-0.3, -0.25) is 16.0 Å². The van der Waals surface area contributed by atoms with E-state index in [-0.39, 0.29) is 6.04 Å². The van der Waals surface area contributed by atoms with Crippen LogP contribution in [0.5, 0.6) is 0 Å². The molecule has 1 aliphatic carbocycles. The number of nitrogens with two attached hydrogens (primary N) is 1. The molecule has 1 aromatic rings. The van der Waals surface area contributed by atoms with Gasteiger partial charge in [-0.25, -0.2) is 0 Å². The quantitative estimate of drug-likeness (QED) is 0.569. The van der Waals surface area contributed by atoms with E-state index in [0.29, 0.717) is 5.92 Å². The summed E-state index contributed by atoms with van der Waals surface area (Å²) in [5, 5.41) is 4.49. The third-order valence-corrected chi connectivity index (χ3v) is 5.41. The summed E-state index contributed by atoms with van der Waals surface area (Å²) in [4.78, 5) is 0. The van der Waals surface area contributed by atoms with E-state index in [1.807, 2.05) is 6.20 Å². The first kappa shape index (κ1) is 17.0. The Morgan fingerprint density at radius 1 is 1.33 bits per heavy atom. The summed E-state index contributed by atoms with van der Waals surface area (Å²) in [5.41, 5.74) is 4.29. The SMILES string of the molecule is CCCC1CCC(C(NN)c2c(Br)cnn2CCC)CC1. The highest BCUT2D eigenvalue weighted by Crippen LogP contribution is 2.39. The second kappa shape index (κ2) is 8.30. The molecule has 0 amide bonds. The number of nitrogens with zero attached hydrogens (tertiary/aromatic N) is 2. The van der Waals surface area contributed by atoms with Crippen LogP contribution in [0, 0.1) is 11.8 Å². The predicted molar refractivity (Wildman–Crippen MR) is 90.6 cm³/mol. The van der Waals surface area contributed by atoms with Crippen molar-refractivity contribution in [1.29, 1.82) is 0 Å². The molecule has 21 heavy (non-hydrogen) atoms. The summed E-state index contributed by atoms with van der Waals surface area (Å²) in [7, 11) is 0. The van der Waals surface area contributed by atoms with Crippen LogP contribution >= 0.6 is 15.9 Å². The molecule has 5 heteroatoms. The highest BCUT2D eigenvalue weighted by atomic mass is 79.9. The van der Waals surface area contributed by atoms with Gasteiger partial charge in [0.05, 0.1) is 22.4 Å². The zero-order valence-corrected chi connectivity index (χ0v) is 14.9. The summed E-state index contributed by atoms with van der Waals surface area (Å²) in [6.45, 7) is 5.42. The molecule has 3 N–H and O–H groups in total. The first-order valence-electron chi connectivity index (χ1n) is 8.38. The number of rotatable bonds is 7. The van der Waals surface area contributed by atoms with Crippen molar-refractivity contribution in [3.63, 3.8) is 0 Å². The second-order valence-electron chi connectivity index (χ2n) is 6.31. The van der Waals surface area contributed by atoms with E-state index in [2.05, 4.69) is 45.0 Å². The molecule has 1 aliphatic rings. The van der Waals surface area contributed by atoms with Crippen molar-refractivity contribution in [1.82, 2.24) is 15.2 Å². The first-order chi connectivity index (χ1) is 10.2. The Labute approximate surface area is 137 Å². The molecular formula is C16H29BrN4. The van der Waals surface area contributed by atoms with Gasteiger partial charge in [0, 0.05) is 6.54 Å². The van der Waals surface area contributed by atoms with E-state index in [1.165, 1.54) is 44.2 Å². The van der Waals surface area contributed by atoms with Crippen LogP contribution < -0.4 is 11.3 Å². The Hall–Kier alpha value is -0.390. The van der Waals surface area contributed by atoms with Crippen molar-refractivity contribution in [3.05, 3.63) is 16.4 Å². The van der Waals surface area contributed by atoms with Crippen LogP contribution in [0.3, 0.4) is 0 Å². The zero-order chi connectivity index (χ0) is 15.2. The molecule has 1 heterocycles. The van der Waals surface area contributed by atoms with Crippen molar-refractivity contribution >= 4 is 15.9 Å². The minimum Gasteiger partial charge on any atom is -0.271 e. The number of nitrogens with one attached hydrogen (secondary N) is 1. The normalized spacial score (nSPS) is 24.2. The summed E-state index contributed by atoms with van der Waals surface area (Å²) in [6, 6.07) is 0.205. The topological polar surface area (TPSA) is 55.9 Å². The fourth-order valence-corrected chi connectivity index (χ4v) is 4.27. The molecule has 0 spiro atoms.